The molecule has 0 aromatic heterocycles. The molecule has 27 heavy (non-hydrogen) atoms. The monoisotopic (exact) mass is 386 g/mol. The molecule has 11 heteroatoms. The third-order valence-electron chi connectivity index (χ3n) is 4.97. The number of carbonyl (C=O) groups excluding carboxylic acids is 3. The Bertz CT molecular complexity index is 599. The second-order valence-corrected chi connectivity index (χ2v) is 6.75. The molecule has 2 heterocycles. The van der Waals surface area contributed by atoms with Crippen molar-refractivity contribution in [3.05, 3.63) is 0 Å². The molecule has 0 spiro atoms. The second kappa shape index (κ2) is 9.11. The molecule has 3 amide bonds. The van der Waals surface area contributed by atoms with E-state index in [9.17, 15) is 29.4 Å². The zero-order chi connectivity index (χ0) is 20.1. The molecular formula is C16H26N4O7. The Labute approximate surface area is 156 Å². The fraction of sp³-hybridized carbons (Fsp3) is 0.750. The lowest BCUT2D eigenvalue weighted by Gasteiger charge is -2.29. The number of amides is 3. The molecular weight excluding hydrogens is 360 g/mol. The van der Waals surface area contributed by atoms with Crippen LogP contribution in [0, 0.1) is 0 Å². The Hall–Kier alpha value is -2.24. The number of nitrogens with zero attached hydrogens (tertiary/aromatic N) is 2. The molecule has 0 aromatic rings. The van der Waals surface area contributed by atoms with Crippen molar-refractivity contribution in [3.63, 3.8) is 0 Å². The van der Waals surface area contributed by atoms with Gasteiger partial charge in [-0.15, -0.1) is 0 Å². The van der Waals surface area contributed by atoms with Gasteiger partial charge in [-0.05, 0) is 25.7 Å². The van der Waals surface area contributed by atoms with Gasteiger partial charge in [0.05, 0.1) is 13.2 Å². The molecule has 2 saturated heterocycles. The number of hydrogen-bond donors (Lipinski definition) is 5. The van der Waals surface area contributed by atoms with Gasteiger partial charge in [-0.25, -0.2) is 4.79 Å². The highest BCUT2D eigenvalue weighted by Crippen LogP contribution is 2.20. The molecule has 11 nitrogen and oxygen atoms in total. The normalized spacial score (nSPS) is 24.6. The maximum atomic E-state index is 12.6. The number of aliphatic hydroxyl groups is 2. The lowest BCUT2D eigenvalue weighted by atomic mass is 10.1. The van der Waals surface area contributed by atoms with Crippen molar-refractivity contribution in [2.75, 3.05) is 26.3 Å². The van der Waals surface area contributed by atoms with E-state index in [-0.39, 0.29) is 6.54 Å². The molecule has 0 radical (unpaired) electrons. The SMILES string of the molecule is N[C@H](CO)C(=O)N1CCC[C@H]1C(=O)N[C@H](CO)C(=O)N1CCC[C@H]1C(=O)O. The molecule has 2 aliphatic heterocycles. The molecule has 0 aromatic carbocycles. The van der Waals surface area contributed by atoms with Gasteiger partial charge in [-0.2, -0.15) is 0 Å². The van der Waals surface area contributed by atoms with Crippen molar-refractivity contribution in [2.45, 2.75) is 49.9 Å². The van der Waals surface area contributed by atoms with Gasteiger partial charge in [-0.3, -0.25) is 14.4 Å². The first-order valence-corrected chi connectivity index (χ1v) is 8.93. The summed E-state index contributed by atoms with van der Waals surface area (Å²) in [6.45, 7) is -0.700. The summed E-state index contributed by atoms with van der Waals surface area (Å²) in [7, 11) is 0. The predicted molar refractivity (Wildman–Crippen MR) is 91.2 cm³/mol. The van der Waals surface area contributed by atoms with Crippen LogP contribution < -0.4 is 11.1 Å². The number of nitrogens with one attached hydrogen (secondary N) is 1. The maximum Gasteiger partial charge on any atom is 0.326 e. The molecule has 0 unspecified atom stereocenters. The van der Waals surface area contributed by atoms with Crippen LogP contribution in [0.5, 0.6) is 0 Å². The summed E-state index contributed by atoms with van der Waals surface area (Å²) < 4.78 is 0. The summed E-state index contributed by atoms with van der Waals surface area (Å²) in [6.07, 6.45) is 1.77. The summed E-state index contributed by atoms with van der Waals surface area (Å²) in [6, 6.07) is -4.25. The van der Waals surface area contributed by atoms with Crippen molar-refractivity contribution in [2.24, 2.45) is 5.73 Å². The third kappa shape index (κ3) is 4.54. The smallest absolute Gasteiger partial charge is 0.326 e. The third-order valence-corrected chi connectivity index (χ3v) is 4.97. The van der Waals surface area contributed by atoms with Crippen LogP contribution in [0.2, 0.25) is 0 Å². The second-order valence-electron chi connectivity index (χ2n) is 6.75. The molecule has 0 aliphatic carbocycles. The van der Waals surface area contributed by atoms with Crippen LogP contribution in [0.1, 0.15) is 25.7 Å². The van der Waals surface area contributed by atoms with Crippen molar-refractivity contribution in [3.8, 4) is 0 Å². The van der Waals surface area contributed by atoms with E-state index in [2.05, 4.69) is 5.32 Å². The number of hydrogen-bond acceptors (Lipinski definition) is 7. The molecule has 4 atom stereocenters. The largest absolute Gasteiger partial charge is 0.480 e. The average molecular weight is 386 g/mol. The molecule has 2 fully saturated rings. The molecule has 6 N–H and O–H groups in total. The molecule has 2 aliphatic rings. The maximum absolute atomic E-state index is 12.6. The fourth-order valence-corrected chi connectivity index (χ4v) is 3.53. The number of rotatable bonds is 7. The van der Waals surface area contributed by atoms with Crippen LogP contribution in [0.25, 0.3) is 0 Å². The Morgan fingerprint density at radius 2 is 1.52 bits per heavy atom. The zero-order valence-electron chi connectivity index (χ0n) is 14.9. The van der Waals surface area contributed by atoms with Gasteiger partial charge in [0.2, 0.25) is 17.7 Å². The van der Waals surface area contributed by atoms with Crippen LogP contribution in [0.3, 0.4) is 0 Å². The van der Waals surface area contributed by atoms with Crippen molar-refractivity contribution < 1.29 is 34.5 Å². The first kappa shape index (κ1) is 21.1. The predicted octanol–water partition coefficient (Wildman–Crippen LogP) is -3.15. The van der Waals surface area contributed by atoms with E-state index >= 15 is 0 Å². The van der Waals surface area contributed by atoms with Crippen molar-refractivity contribution in [1.82, 2.24) is 15.1 Å². The van der Waals surface area contributed by atoms with E-state index in [0.717, 1.165) is 4.90 Å². The van der Waals surface area contributed by atoms with Crippen LogP contribution in [-0.4, -0.2) is 99.3 Å². The van der Waals surface area contributed by atoms with Gasteiger partial charge >= 0.3 is 5.97 Å². The summed E-state index contributed by atoms with van der Waals surface area (Å²) in [5.41, 5.74) is 5.53. The minimum Gasteiger partial charge on any atom is -0.480 e. The Balaban J connectivity index is 2.04. The standard InChI is InChI=1S/C16H26N4O7/c17-9(7-21)14(24)19-5-1-3-11(19)13(23)18-10(8-22)15(25)20-6-2-4-12(20)16(26)27/h9-12,21-22H,1-8,17H2,(H,18,23)(H,26,27)/t9-,10-,11+,12+/m1/s1. The molecule has 0 saturated carbocycles. The molecule has 2 rings (SSSR count). The van der Waals surface area contributed by atoms with Crippen LogP contribution in [0.4, 0.5) is 0 Å². The Morgan fingerprint density at radius 1 is 0.963 bits per heavy atom. The van der Waals surface area contributed by atoms with Crippen LogP contribution >= 0.6 is 0 Å². The van der Waals surface area contributed by atoms with Crippen LogP contribution in [0.15, 0.2) is 0 Å². The van der Waals surface area contributed by atoms with Gasteiger partial charge in [-0.1, -0.05) is 0 Å². The van der Waals surface area contributed by atoms with Gasteiger partial charge in [0.25, 0.3) is 0 Å². The highest BCUT2D eigenvalue weighted by Gasteiger charge is 2.40. The average Bonchev–Trinajstić information content (AvgIpc) is 3.33. The zero-order valence-corrected chi connectivity index (χ0v) is 14.9. The Kier molecular flexibility index (Phi) is 7.11. The summed E-state index contributed by atoms with van der Waals surface area (Å²) >= 11 is 0. The van der Waals surface area contributed by atoms with Crippen molar-refractivity contribution >= 4 is 23.7 Å². The van der Waals surface area contributed by atoms with E-state index < -0.39 is 61.1 Å². The number of nitrogens with two attached hydrogens (primary N) is 1. The highest BCUT2D eigenvalue weighted by atomic mass is 16.4. The van der Waals surface area contributed by atoms with E-state index in [4.69, 9.17) is 10.8 Å². The van der Waals surface area contributed by atoms with E-state index in [1.165, 1.54) is 4.90 Å². The topological polar surface area (TPSA) is 174 Å². The molecule has 152 valence electrons. The number of carbonyl (C=O) groups is 4. The number of aliphatic hydroxyl groups excluding tert-OH is 2. The van der Waals surface area contributed by atoms with E-state index in [1.807, 2.05) is 0 Å². The van der Waals surface area contributed by atoms with Crippen LogP contribution in [-0.2, 0) is 19.2 Å². The highest BCUT2D eigenvalue weighted by molar-refractivity contribution is 5.94. The minimum absolute atomic E-state index is 0.238. The van der Waals surface area contributed by atoms with E-state index in [1.54, 1.807) is 0 Å². The fourth-order valence-electron chi connectivity index (χ4n) is 3.53. The van der Waals surface area contributed by atoms with Gasteiger partial charge in [0.15, 0.2) is 0 Å². The van der Waals surface area contributed by atoms with Gasteiger partial charge in [0, 0.05) is 13.1 Å². The number of aliphatic carboxylic acids is 1. The van der Waals surface area contributed by atoms with Gasteiger partial charge < -0.3 is 36.2 Å². The Morgan fingerprint density at radius 3 is 2.04 bits per heavy atom. The quantitative estimate of drug-likeness (QED) is 0.305. The lowest BCUT2D eigenvalue weighted by molar-refractivity contribution is -0.150. The van der Waals surface area contributed by atoms with Crippen molar-refractivity contribution in [1.29, 1.82) is 0 Å². The number of carboxylic acid groups (broad SMARTS) is 1. The first-order valence-electron chi connectivity index (χ1n) is 8.93. The number of likely N-dealkylation sites (tertiary alicyclic amines) is 2. The molecule has 0 bridgehead atoms. The number of carboxylic acids is 1. The summed E-state index contributed by atoms with van der Waals surface area (Å²) in [4.78, 5) is 51.0. The summed E-state index contributed by atoms with van der Waals surface area (Å²) in [5.74, 6) is -2.98. The summed E-state index contributed by atoms with van der Waals surface area (Å²) in [5, 5.41) is 30.2. The first-order chi connectivity index (χ1) is 12.8. The lowest BCUT2D eigenvalue weighted by Crippen LogP contribution is -2.57. The minimum atomic E-state index is -1.29. The van der Waals surface area contributed by atoms with Gasteiger partial charge in [0.1, 0.15) is 24.2 Å². The van der Waals surface area contributed by atoms with E-state index in [0.29, 0.717) is 32.2 Å².